The molecule has 1 fully saturated rings. The highest BCUT2D eigenvalue weighted by molar-refractivity contribution is 6.39. The molecule has 0 saturated carbocycles. The van der Waals surface area contributed by atoms with E-state index < -0.39 is 17.8 Å². The maximum absolute atomic E-state index is 13.2. The summed E-state index contributed by atoms with van der Waals surface area (Å²) in [6.45, 7) is 4.18. The molecule has 1 saturated heterocycles. The summed E-state index contributed by atoms with van der Waals surface area (Å²) in [5.74, 6) is -0.719. The Kier molecular flexibility index (Phi) is 6.09. The Morgan fingerprint density at radius 2 is 1.53 bits per heavy atom. The first kappa shape index (κ1) is 23.1. The van der Waals surface area contributed by atoms with Gasteiger partial charge in [-0.2, -0.15) is 0 Å². The number of hydrogen-bond donors (Lipinski definition) is 1. The summed E-state index contributed by atoms with van der Waals surface area (Å²) >= 11 is 0. The van der Waals surface area contributed by atoms with E-state index in [4.69, 9.17) is 4.74 Å². The molecule has 0 aliphatic carbocycles. The van der Waals surface area contributed by atoms with Gasteiger partial charge in [-0.15, -0.1) is 0 Å². The molecular formula is C30H24N2O4. The van der Waals surface area contributed by atoms with Gasteiger partial charge in [-0.1, -0.05) is 60.7 Å². The first-order valence-corrected chi connectivity index (χ1v) is 11.6. The van der Waals surface area contributed by atoms with Gasteiger partial charge in [0.1, 0.15) is 17.9 Å². The molecule has 6 heteroatoms. The monoisotopic (exact) mass is 476 g/mol. The van der Waals surface area contributed by atoms with Gasteiger partial charge in [-0.3, -0.25) is 14.9 Å². The van der Waals surface area contributed by atoms with E-state index in [9.17, 15) is 14.4 Å². The van der Waals surface area contributed by atoms with Crippen LogP contribution in [-0.2, 0) is 16.2 Å². The minimum absolute atomic E-state index is 0.113. The Labute approximate surface area is 208 Å². The SMILES string of the molecule is Cc1cc(C)cc(N2C(=O)NC(=O)/C(=C\c3ccc(OCc4cccc5ccccc45)cc3)C2=O)c1. The predicted molar refractivity (Wildman–Crippen MR) is 140 cm³/mol. The zero-order valence-electron chi connectivity index (χ0n) is 19.9. The molecule has 4 aromatic carbocycles. The average Bonchev–Trinajstić information content (AvgIpc) is 2.85. The fourth-order valence-electron chi connectivity index (χ4n) is 4.38. The molecule has 0 unspecified atom stereocenters. The number of ether oxygens (including phenoxy) is 1. The number of anilines is 1. The molecule has 1 N–H and O–H groups in total. The van der Waals surface area contributed by atoms with Crippen LogP contribution in [0, 0.1) is 13.8 Å². The molecule has 4 aromatic rings. The topological polar surface area (TPSA) is 75.7 Å². The fourth-order valence-corrected chi connectivity index (χ4v) is 4.38. The molecule has 0 atom stereocenters. The number of aryl methyl sites for hydroxylation is 2. The lowest BCUT2D eigenvalue weighted by atomic mass is 10.0. The van der Waals surface area contributed by atoms with Crippen molar-refractivity contribution in [2.45, 2.75) is 20.5 Å². The average molecular weight is 477 g/mol. The van der Waals surface area contributed by atoms with E-state index in [0.717, 1.165) is 32.4 Å². The van der Waals surface area contributed by atoms with Gasteiger partial charge in [0.15, 0.2) is 0 Å². The van der Waals surface area contributed by atoms with Crippen molar-refractivity contribution in [2.75, 3.05) is 4.90 Å². The summed E-state index contributed by atoms with van der Waals surface area (Å²) in [4.78, 5) is 39.1. The van der Waals surface area contributed by atoms with Crippen molar-refractivity contribution in [3.8, 4) is 5.75 Å². The van der Waals surface area contributed by atoms with E-state index in [-0.39, 0.29) is 5.57 Å². The van der Waals surface area contributed by atoms with E-state index in [1.807, 2.05) is 44.2 Å². The standard InChI is InChI=1S/C30H24N2O4/c1-19-14-20(2)16-24(15-19)32-29(34)27(28(33)31-30(32)35)17-21-10-12-25(13-11-21)36-18-23-8-5-7-22-6-3-4-9-26(22)23/h3-17H,18H2,1-2H3,(H,31,33,35)/b27-17+. The molecular weight excluding hydrogens is 452 g/mol. The second kappa shape index (κ2) is 9.50. The van der Waals surface area contributed by atoms with Gasteiger partial charge in [0.05, 0.1) is 5.69 Å². The van der Waals surface area contributed by atoms with E-state index in [2.05, 4.69) is 23.5 Å². The van der Waals surface area contributed by atoms with Crippen LogP contribution in [0.3, 0.4) is 0 Å². The largest absolute Gasteiger partial charge is 0.489 e. The highest BCUT2D eigenvalue weighted by Gasteiger charge is 2.36. The first-order valence-electron chi connectivity index (χ1n) is 11.6. The lowest BCUT2D eigenvalue weighted by Gasteiger charge is -2.27. The lowest BCUT2D eigenvalue weighted by molar-refractivity contribution is -0.122. The normalized spacial score (nSPS) is 14.9. The zero-order valence-corrected chi connectivity index (χ0v) is 19.9. The van der Waals surface area contributed by atoms with Crippen LogP contribution in [0.1, 0.15) is 22.3 Å². The molecule has 0 radical (unpaired) electrons. The predicted octanol–water partition coefficient (Wildman–Crippen LogP) is 5.70. The van der Waals surface area contributed by atoms with Gasteiger partial charge in [0.25, 0.3) is 11.8 Å². The van der Waals surface area contributed by atoms with Crippen LogP contribution in [0.15, 0.2) is 90.5 Å². The number of imide groups is 2. The van der Waals surface area contributed by atoms with Crippen molar-refractivity contribution in [1.29, 1.82) is 0 Å². The number of nitrogens with one attached hydrogen (secondary N) is 1. The van der Waals surface area contributed by atoms with Gasteiger partial charge in [0.2, 0.25) is 0 Å². The van der Waals surface area contributed by atoms with Crippen molar-refractivity contribution in [3.05, 3.63) is 113 Å². The summed E-state index contributed by atoms with van der Waals surface area (Å²) in [5.41, 5.74) is 3.85. The molecule has 5 rings (SSSR count). The number of carbonyl (C=O) groups excluding carboxylic acids is 3. The van der Waals surface area contributed by atoms with E-state index in [0.29, 0.717) is 23.6 Å². The molecule has 4 amide bonds. The fraction of sp³-hybridized carbons (Fsp3) is 0.100. The smallest absolute Gasteiger partial charge is 0.335 e. The number of fused-ring (bicyclic) bond motifs is 1. The van der Waals surface area contributed by atoms with Crippen LogP contribution < -0.4 is 15.0 Å². The minimum atomic E-state index is -0.760. The molecule has 0 bridgehead atoms. The number of urea groups is 1. The minimum Gasteiger partial charge on any atom is -0.489 e. The Morgan fingerprint density at radius 3 is 2.28 bits per heavy atom. The van der Waals surface area contributed by atoms with Gasteiger partial charge >= 0.3 is 6.03 Å². The number of amides is 4. The molecule has 0 aromatic heterocycles. The molecule has 1 aliphatic heterocycles. The lowest BCUT2D eigenvalue weighted by Crippen LogP contribution is -2.54. The van der Waals surface area contributed by atoms with Gasteiger partial charge < -0.3 is 4.74 Å². The van der Waals surface area contributed by atoms with Crippen LogP contribution >= 0.6 is 0 Å². The van der Waals surface area contributed by atoms with Crippen molar-refractivity contribution in [2.24, 2.45) is 0 Å². The first-order chi connectivity index (χ1) is 17.4. The van der Waals surface area contributed by atoms with Crippen molar-refractivity contribution in [1.82, 2.24) is 5.32 Å². The van der Waals surface area contributed by atoms with Gasteiger partial charge in [-0.05, 0) is 77.2 Å². The van der Waals surface area contributed by atoms with Crippen molar-refractivity contribution in [3.63, 3.8) is 0 Å². The number of barbiturate groups is 1. The Bertz CT molecular complexity index is 1510. The molecule has 6 nitrogen and oxygen atoms in total. The summed E-state index contributed by atoms with van der Waals surface area (Å²) in [6, 6.07) is 26.0. The Morgan fingerprint density at radius 1 is 0.833 bits per heavy atom. The van der Waals surface area contributed by atoms with Gasteiger partial charge in [0, 0.05) is 0 Å². The summed E-state index contributed by atoms with van der Waals surface area (Å²) in [5, 5.41) is 4.57. The third kappa shape index (κ3) is 4.61. The second-order valence-corrected chi connectivity index (χ2v) is 8.80. The number of rotatable bonds is 5. The summed E-state index contributed by atoms with van der Waals surface area (Å²) < 4.78 is 5.98. The molecule has 1 heterocycles. The van der Waals surface area contributed by atoms with Crippen molar-refractivity contribution < 1.29 is 19.1 Å². The number of benzene rings is 4. The van der Waals surface area contributed by atoms with Crippen LogP contribution in [0.25, 0.3) is 16.8 Å². The highest BCUT2D eigenvalue weighted by atomic mass is 16.5. The van der Waals surface area contributed by atoms with Crippen molar-refractivity contribution >= 4 is 40.4 Å². The maximum atomic E-state index is 13.2. The Hall–Kier alpha value is -4.71. The quantitative estimate of drug-likeness (QED) is 0.296. The zero-order chi connectivity index (χ0) is 25.2. The summed E-state index contributed by atoms with van der Waals surface area (Å²) in [6.07, 6.45) is 1.48. The third-order valence-corrected chi connectivity index (χ3v) is 6.03. The number of nitrogens with zero attached hydrogens (tertiary/aromatic N) is 1. The molecule has 178 valence electrons. The van der Waals surface area contributed by atoms with Crippen LogP contribution in [0.4, 0.5) is 10.5 Å². The van der Waals surface area contributed by atoms with E-state index in [1.54, 1.807) is 36.4 Å². The Balaban J connectivity index is 1.35. The van der Waals surface area contributed by atoms with E-state index in [1.165, 1.54) is 6.08 Å². The molecule has 0 spiro atoms. The highest BCUT2D eigenvalue weighted by Crippen LogP contribution is 2.25. The number of hydrogen-bond acceptors (Lipinski definition) is 4. The molecule has 36 heavy (non-hydrogen) atoms. The number of carbonyl (C=O) groups is 3. The second-order valence-electron chi connectivity index (χ2n) is 8.80. The van der Waals surface area contributed by atoms with Gasteiger partial charge in [-0.25, -0.2) is 9.69 Å². The van der Waals surface area contributed by atoms with Crippen LogP contribution in [0.5, 0.6) is 5.75 Å². The van der Waals surface area contributed by atoms with E-state index >= 15 is 0 Å². The maximum Gasteiger partial charge on any atom is 0.335 e. The third-order valence-electron chi connectivity index (χ3n) is 6.03. The summed E-state index contributed by atoms with van der Waals surface area (Å²) in [7, 11) is 0. The van der Waals surface area contributed by atoms with Crippen LogP contribution in [0.2, 0.25) is 0 Å². The van der Waals surface area contributed by atoms with Crippen LogP contribution in [-0.4, -0.2) is 17.8 Å². The molecule has 1 aliphatic rings.